The van der Waals surface area contributed by atoms with Gasteiger partial charge in [0.2, 0.25) is 5.91 Å². The Morgan fingerprint density at radius 1 is 1.18 bits per heavy atom. The van der Waals surface area contributed by atoms with Crippen molar-refractivity contribution >= 4 is 5.91 Å². The molecule has 0 aromatic heterocycles. The monoisotopic (exact) mass is 236 g/mol. The van der Waals surface area contributed by atoms with Crippen LogP contribution in [0.2, 0.25) is 0 Å². The minimum absolute atomic E-state index is 0.0865. The highest BCUT2D eigenvalue weighted by Crippen LogP contribution is 2.32. The average molecular weight is 236 g/mol. The predicted molar refractivity (Wildman–Crippen MR) is 68.3 cm³/mol. The van der Waals surface area contributed by atoms with Crippen LogP contribution in [0.15, 0.2) is 0 Å². The molecule has 0 spiro atoms. The number of hydrogen-bond acceptors (Lipinski definition) is 2. The van der Waals surface area contributed by atoms with Crippen LogP contribution in [0.4, 0.5) is 0 Å². The van der Waals surface area contributed by atoms with Crippen LogP contribution < -0.4 is 0 Å². The first-order valence-electron chi connectivity index (χ1n) is 6.91. The van der Waals surface area contributed by atoms with Crippen molar-refractivity contribution in [2.75, 3.05) is 13.1 Å². The van der Waals surface area contributed by atoms with E-state index < -0.39 is 5.41 Å². The molecule has 96 valence electrons. The highest BCUT2D eigenvalue weighted by atomic mass is 16.2. The molecule has 0 unspecified atom stereocenters. The van der Waals surface area contributed by atoms with E-state index in [1.165, 1.54) is 6.42 Å². The van der Waals surface area contributed by atoms with Gasteiger partial charge in [-0.3, -0.25) is 4.79 Å². The van der Waals surface area contributed by atoms with Crippen LogP contribution in [-0.2, 0) is 4.79 Å². The smallest absolute Gasteiger partial charge is 0.243 e. The Kier molecular flexibility index (Phi) is 5.47. The Bertz CT molecular complexity index is 281. The van der Waals surface area contributed by atoms with Gasteiger partial charge in [-0.15, -0.1) is 0 Å². The zero-order valence-corrected chi connectivity index (χ0v) is 11.2. The van der Waals surface area contributed by atoms with Crippen molar-refractivity contribution < 1.29 is 4.79 Å². The van der Waals surface area contributed by atoms with Crippen molar-refractivity contribution in [1.29, 1.82) is 5.26 Å². The summed E-state index contributed by atoms with van der Waals surface area (Å²) in [5.74, 6) is 0.0865. The third kappa shape index (κ3) is 3.21. The van der Waals surface area contributed by atoms with Crippen LogP contribution in [0.25, 0.3) is 0 Å². The lowest BCUT2D eigenvalue weighted by Gasteiger charge is -2.34. The Morgan fingerprint density at radius 3 is 2.12 bits per heavy atom. The molecular weight excluding hydrogens is 212 g/mol. The minimum atomic E-state index is -0.749. The molecule has 1 aliphatic heterocycles. The minimum Gasteiger partial charge on any atom is -0.341 e. The Hall–Kier alpha value is -1.04. The van der Waals surface area contributed by atoms with E-state index in [0.29, 0.717) is 12.8 Å². The molecule has 1 saturated heterocycles. The van der Waals surface area contributed by atoms with Crippen LogP contribution >= 0.6 is 0 Å². The van der Waals surface area contributed by atoms with E-state index in [1.54, 1.807) is 0 Å². The second-order valence-corrected chi connectivity index (χ2v) is 5.05. The first-order valence-corrected chi connectivity index (χ1v) is 6.91. The maximum Gasteiger partial charge on any atom is 0.243 e. The number of nitrogens with zero attached hydrogens (tertiary/aromatic N) is 2. The normalized spacial score (nSPS) is 16.6. The third-order valence-corrected chi connectivity index (χ3v) is 3.62. The molecule has 3 heteroatoms. The number of rotatable bonds is 5. The number of carbonyl (C=O) groups is 1. The number of carbonyl (C=O) groups excluding carboxylic acids is 1. The van der Waals surface area contributed by atoms with Crippen molar-refractivity contribution in [3.8, 4) is 6.07 Å². The fourth-order valence-corrected chi connectivity index (χ4v) is 2.75. The van der Waals surface area contributed by atoms with Gasteiger partial charge in [0, 0.05) is 13.1 Å². The number of hydrogen-bond donors (Lipinski definition) is 0. The summed E-state index contributed by atoms with van der Waals surface area (Å²) in [6.07, 6.45) is 6.58. The Labute approximate surface area is 105 Å². The maximum atomic E-state index is 12.5. The molecule has 0 aromatic carbocycles. The summed E-state index contributed by atoms with van der Waals surface area (Å²) >= 11 is 0. The average Bonchev–Trinajstić information content (AvgIpc) is 2.38. The lowest BCUT2D eigenvalue weighted by molar-refractivity contribution is -0.140. The lowest BCUT2D eigenvalue weighted by atomic mass is 9.79. The standard InChI is InChI=1S/C14H24N2O/c1-3-8-14(12-15,9-4-2)13(17)16-10-6-5-7-11-16/h3-11H2,1-2H3. The molecule has 0 aliphatic carbocycles. The van der Waals surface area contributed by atoms with Crippen LogP contribution in [0, 0.1) is 16.7 Å². The Balaban J connectivity index is 2.80. The molecule has 1 rings (SSSR count). The largest absolute Gasteiger partial charge is 0.341 e. The Morgan fingerprint density at radius 2 is 1.71 bits per heavy atom. The maximum absolute atomic E-state index is 12.5. The van der Waals surface area contributed by atoms with Crippen LogP contribution in [0.5, 0.6) is 0 Å². The third-order valence-electron chi connectivity index (χ3n) is 3.62. The van der Waals surface area contributed by atoms with Gasteiger partial charge in [0.25, 0.3) is 0 Å². The molecule has 1 aliphatic rings. The summed E-state index contributed by atoms with van der Waals surface area (Å²) in [6.45, 7) is 5.78. The quantitative estimate of drug-likeness (QED) is 0.736. The molecule has 1 heterocycles. The molecular formula is C14H24N2O. The van der Waals surface area contributed by atoms with Crippen molar-refractivity contribution in [2.45, 2.75) is 58.8 Å². The fraction of sp³-hybridized carbons (Fsp3) is 0.857. The van der Waals surface area contributed by atoms with Gasteiger partial charge >= 0.3 is 0 Å². The second-order valence-electron chi connectivity index (χ2n) is 5.05. The molecule has 17 heavy (non-hydrogen) atoms. The summed E-state index contributed by atoms with van der Waals surface area (Å²) in [4.78, 5) is 14.4. The van der Waals surface area contributed by atoms with Crippen LogP contribution in [-0.4, -0.2) is 23.9 Å². The van der Waals surface area contributed by atoms with Gasteiger partial charge < -0.3 is 4.90 Å². The van der Waals surface area contributed by atoms with E-state index >= 15 is 0 Å². The van der Waals surface area contributed by atoms with Gasteiger partial charge in [0.15, 0.2) is 0 Å². The van der Waals surface area contributed by atoms with E-state index in [4.69, 9.17) is 0 Å². The topological polar surface area (TPSA) is 44.1 Å². The van der Waals surface area contributed by atoms with E-state index in [0.717, 1.165) is 38.8 Å². The molecule has 1 amide bonds. The van der Waals surface area contributed by atoms with E-state index in [1.807, 2.05) is 18.7 Å². The molecule has 0 aromatic rings. The first kappa shape index (κ1) is 14.0. The van der Waals surface area contributed by atoms with Crippen LogP contribution in [0.3, 0.4) is 0 Å². The number of likely N-dealkylation sites (tertiary alicyclic amines) is 1. The van der Waals surface area contributed by atoms with Crippen molar-refractivity contribution in [1.82, 2.24) is 4.90 Å². The molecule has 0 atom stereocenters. The SMILES string of the molecule is CCCC(C#N)(CCC)C(=O)N1CCCCC1. The van der Waals surface area contributed by atoms with Crippen molar-refractivity contribution in [2.24, 2.45) is 5.41 Å². The molecule has 0 radical (unpaired) electrons. The molecule has 0 saturated carbocycles. The summed E-state index contributed by atoms with van der Waals surface area (Å²) in [7, 11) is 0. The first-order chi connectivity index (χ1) is 8.20. The summed E-state index contributed by atoms with van der Waals surface area (Å²) in [5.41, 5.74) is -0.749. The number of nitriles is 1. The molecule has 3 nitrogen and oxygen atoms in total. The van der Waals surface area contributed by atoms with Gasteiger partial charge in [-0.2, -0.15) is 5.26 Å². The van der Waals surface area contributed by atoms with Gasteiger partial charge in [-0.25, -0.2) is 0 Å². The molecule has 0 N–H and O–H groups in total. The summed E-state index contributed by atoms with van der Waals surface area (Å²) in [5, 5.41) is 9.44. The molecule has 0 bridgehead atoms. The van der Waals surface area contributed by atoms with E-state index in [9.17, 15) is 10.1 Å². The second kappa shape index (κ2) is 6.64. The van der Waals surface area contributed by atoms with Gasteiger partial charge in [-0.1, -0.05) is 26.7 Å². The van der Waals surface area contributed by atoms with Crippen LogP contribution in [0.1, 0.15) is 58.8 Å². The van der Waals surface area contributed by atoms with E-state index in [2.05, 4.69) is 6.07 Å². The lowest BCUT2D eigenvalue weighted by Crippen LogP contribution is -2.45. The van der Waals surface area contributed by atoms with Crippen molar-refractivity contribution in [3.05, 3.63) is 0 Å². The number of amides is 1. The zero-order valence-electron chi connectivity index (χ0n) is 11.2. The van der Waals surface area contributed by atoms with E-state index in [-0.39, 0.29) is 5.91 Å². The highest BCUT2D eigenvalue weighted by molar-refractivity contribution is 5.85. The summed E-state index contributed by atoms with van der Waals surface area (Å²) in [6, 6.07) is 2.32. The molecule has 1 fully saturated rings. The van der Waals surface area contributed by atoms with Gasteiger partial charge in [0.05, 0.1) is 6.07 Å². The van der Waals surface area contributed by atoms with Crippen molar-refractivity contribution in [3.63, 3.8) is 0 Å². The zero-order chi connectivity index (χ0) is 12.7. The number of piperidine rings is 1. The highest BCUT2D eigenvalue weighted by Gasteiger charge is 2.40. The fourth-order valence-electron chi connectivity index (χ4n) is 2.75. The van der Waals surface area contributed by atoms with Gasteiger partial charge in [0.1, 0.15) is 5.41 Å². The van der Waals surface area contributed by atoms with Gasteiger partial charge in [-0.05, 0) is 32.1 Å². The summed E-state index contributed by atoms with van der Waals surface area (Å²) < 4.78 is 0. The predicted octanol–water partition coefficient (Wildman–Crippen LogP) is 3.11.